The van der Waals surface area contributed by atoms with Crippen LogP contribution in [0.25, 0.3) is 0 Å². The third-order valence-corrected chi connectivity index (χ3v) is 7.15. The van der Waals surface area contributed by atoms with Crippen molar-refractivity contribution in [2.45, 2.75) is 69.2 Å². The van der Waals surface area contributed by atoms with Crippen LogP contribution < -0.4 is 0 Å². The number of nitrogens with zero attached hydrogens (tertiary/aromatic N) is 2. The van der Waals surface area contributed by atoms with Gasteiger partial charge in [-0.05, 0) is 78.4 Å². The molecule has 0 radical (unpaired) electrons. The van der Waals surface area contributed by atoms with Gasteiger partial charge in [0.1, 0.15) is 0 Å². The smallest absolute Gasteiger partial charge is 0.0945 e. The van der Waals surface area contributed by atoms with Gasteiger partial charge in [-0.2, -0.15) is 0 Å². The van der Waals surface area contributed by atoms with E-state index < -0.39 is 0 Å². The normalized spacial score (nSPS) is 25.5. The molecule has 0 aliphatic heterocycles. The van der Waals surface area contributed by atoms with E-state index in [1.807, 2.05) is 24.3 Å². The van der Waals surface area contributed by atoms with Crippen LogP contribution in [0.5, 0.6) is 0 Å². The minimum atomic E-state index is 0.427. The maximum absolute atomic E-state index is 4.24. The molecule has 0 spiro atoms. The molecule has 2 atom stereocenters. The van der Waals surface area contributed by atoms with Crippen LogP contribution in [0.1, 0.15) is 56.2 Å². The van der Waals surface area contributed by atoms with Crippen molar-refractivity contribution in [3.8, 4) is 0 Å². The third-order valence-electron chi connectivity index (χ3n) is 6.17. The van der Waals surface area contributed by atoms with Crippen molar-refractivity contribution in [2.75, 3.05) is 5.75 Å². The van der Waals surface area contributed by atoms with Gasteiger partial charge in [-0.25, -0.2) is 4.98 Å². The standard InChI is InChI=1S/C21H28N2S/c1-3-21-9-5-6-17-7-8-19(24-4-2)18(20(17)21)12-16(13-21)14-23-11-10-22-15-23/h7-8,10-11,15-16H,3-6,9,12-14H2,1-2H3. The summed E-state index contributed by atoms with van der Waals surface area (Å²) in [6.07, 6.45) is 13.9. The third kappa shape index (κ3) is 2.71. The van der Waals surface area contributed by atoms with Crippen LogP contribution in [0.15, 0.2) is 35.7 Å². The second-order valence-corrected chi connectivity index (χ2v) is 8.84. The van der Waals surface area contributed by atoms with Gasteiger partial charge >= 0.3 is 0 Å². The molecule has 2 unspecified atom stereocenters. The van der Waals surface area contributed by atoms with E-state index in [-0.39, 0.29) is 0 Å². The Bertz CT molecular complexity index is 707. The first-order chi connectivity index (χ1) is 11.8. The minimum Gasteiger partial charge on any atom is -0.337 e. The molecule has 4 rings (SSSR count). The van der Waals surface area contributed by atoms with Crippen LogP contribution in [0.2, 0.25) is 0 Å². The molecule has 2 aliphatic rings. The largest absolute Gasteiger partial charge is 0.337 e. The first-order valence-electron chi connectivity index (χ1n) is 9.49. The summed E-state index contributed by atoms with van der Waals surface area (Å²) in [5, 5.41) is 0. The number of rotatable bonds is 5. The zero-order chi connectivity index (χ0) is 16.6. The first-order valence-corrected chi connectivity index (χ1v) is 10.5. The summed E-state index contributed by atoms with van der Waals surface area (Å²) < 4.78 is 2.28. The molecule has 0 N–H and O–H groups in total. The maximum atomic E-state index is 4.24. The Kier molecular flexibility index (Phi) is 4.46. The van der Waals surface area contributed by atoms with Gasteiger partial charge in [0.15, 0.2) is 0 Å². The van der Waals surface area contributed by atoms with E-state index in [1.165, 1.54) is 38.5 Å². The van der Waals surface area contributed by atoms with Crippen molar-refractivity contribution < 1.29 is 0 Å². The van der Waals surface area contributed by atoms with E-state index >= 15 is 0 Å². The van der Waals surface area contributed by atoms with Gasteiger partial charge in [0.05, 0.1) is 6.33 Å². The van der Waals surface area contributed by atoms with Crippen LogP contribution >= 0.6 is 11.8 Å². The van der Waals surface area contributed by atoms with Crippen LogP contribution in [-0.4, -0.2) is 15.3 Å². The van der Waals surface area contributed by atoms with E-state index in [1.54, 1.807) is 21.6 Å². The van der Waals surface area contributed by atoms with Crippen molar-refractivity contribution in [1.82, 2.24) is 9.55 Å². The van der Waals surface area contributed by atoms with Crippen molar-refractivity contribution >= 4 is 11.8 Å². The zero-order valence-electron chi connectivity index (χ0n) is 14.9. The zero-order valence-corrected chi connectivity index (χ0v) is 15.7. The van der Waals surface area contributed by atoms with E-state index in [9.17, 15) is 0 Å². The fourth-order valence-corrected chi connectivity index (χ4v) is 6.05. The summed E-state index contributed by atoms with van der Waals surface area (Å²) in [4.78, 5) is 5.79. The van der Waals surface area contributed by atoms with Crippen LogP contribution in [0.4, 0.5) is 0 Å². The highest BCUT2D eigenvalue weighted by atomic mass is 32.2. The molecule has 3 heteroatoms. The highest BCUT2D eigenvalue weighted by Gasteiger charge is 2.42. The predicted octanol–water partition coefficient (Wildman–Crippen LogP) is 5.24. The van der Waals surface area contributed by atoms with Crippen molar-refractivity contribution in [2.24, 2.45) is 5.92 Å². The molecule has 2 aromatic rings. The number of thioether (sulfide) groups is 1. The number of benzene rings is 1. The molecular formula is C21H28N2S. The lowest BCUT2D eigenvalue weighted by atomic mass is 9.59. The SMILES string of the molecule is CCSc1ccc2c3c1CC(Cn1ccnc1)CC3(CC)CCC2. The average molecular weight is 341 g/mol. The Morgan fingerprint density at radius 3 is 3.00 bits per heavy atom. The highest BCUT2D eigenvalue weighted by Crippen LogP contribution is 2.52. The van der Waals surface area contributed by atoms with Gasteiger partial charge in [0.2, 0.25) is 0 Å². The fourth-order valence-electron chi connectivity index (χ4n) is 5.22. The van der Waals surface area contributed by atoms with E-state index in [0.717, 1.165) is 18.2 Å². The summed E-state index contributed by atoms with van der Waals surface area (Å²) >= 11 is 2.04. The molecule has 0 saturated carbocycles. The monoisotopic (exact) mass is 340 g/mol. The Morgan fingerprint density at radius 1 is 1.33 bits per heavy atom. The average Bonchev–Trinajstić information content (AvgIpc) is 3.10. The molecule has 24 heavy (non-hydrogen) atoms. The Hall–Kier alpha value is -1.22. The van der Waals surface area contributed by atoms with Gasteiger partial charge in [-0.15, -0.1) is 11.8 Å². The highest BCUT2D eigenvalue weighted by molar-refractivity contribution is 7.99. The van der Waals surface area contributed by atoms with Gasteiger partial charge in [-0.3, -0.25) is 0 Å². The Labute approximate surface area is 150 Å². The molecule has 1 aromatic heterocycles. The molecule has 0 saturated heterocycles. The second kappa shape index (κ2) is 6.59. The summed E-state index contributed by atoms with van der Waals surface area (Å²) in [5.41, 5.74) is 5.53. The first kappa shape index (κ1) is 16.3. The molecule has 2 aliphatic carbocycles. The summed E-state index contributed by atoms with van der Waals surface area (Å²) in [5.74, 6) is 1.90. The van der Waals surface area contributed by atoms with Gasteiger partial charge in [0.25, 0.3) is 0 Å². The molecule has 2 nitrogen and oxygen atoms in total. The van der Waals surface area contributed by atoms with Crippen LogP contribution in [0, 0.1) is 5.92 Å². The van der Waals surface area contributed by atoms with Crippen molar-refractivity contribution in [1.29, 1.82) is 0 Å². The molecule has 0 bridgehead atoms. The summed E-state index contributed by atoms with van der Waals surface area (Å²) in [6, 6.07) is 4.85. The summed E-state index contributed by atoms with van der Waals surface area (Å²) in [6.45, 7) is 5.80. The second-order valence-electron chi connectivity index (χ2n) is 7.53. The Morgan fingerprint density at radius 2 is 2.25 bits per heavy atom. The number of aryl methyl sites for hydroxylation is 1. The molecule has 1 heterocycles. The summed E-state index contributed by atoms with van der Waals surface area (Å²) in [7, 11) is 0. The van der Waals surface area contributed by atoms with Crippen LogP contribution in [0.3, 0.4) is 0 Å². The predicted molar refractivity (Wildman–Crippen MR) is 102 cm³/mol. The molecule has 128 valence electrons. The number of aromatic nitrogens is 2. The molecular weight excluding hydrogens is 312 g/mol. The van der Waals surface area contributed by atoms with Gasteiger partial charge < -0.3 is 4.57 Å². The number of hydrogen-bond donors (Lipinski definition) is 0. The van der Waals surface area contributed by atoms with Crippen LogP contribution in [-0.2, 0) is 24.8 Å². The van der Waals surface area contributed by atoms with Gasteiger partial charge in [-0.1, -0.05) is 19.9 Å². The topological polar surface area (TPSA) is 17.8 Å². The van der Waals surface area contributed by atoms with E-state index in [2.05, 4.69) is 41.7 Å². The van der Waals surface area contributed by atoms with E-state index in [0.29, 0.717) is 5.41 Å². The van der Waals surface area contributed by atoms with E-state index in [4.69, 9.17) is 0 Å². The molecule has 1 aromatic carbocycles. The maximum Gasteiger partial charge on any atom is 0.0945 e. The minimum absolute atomic E-state index is 0.427. The quantitative estimate of drug-likeness (QED) is 0.693. The van der Waals surface area contributed by atoms with Crippen molar-refractivity contribution in [3.63, 3.8) is 0 Å². The molecule has 0 amide bonds. The van der Waals surface area contributed by atoms with Crippen molar-refractivity contribution in [3.05, 3.63) is 47.5 Å². The van der Waals surface area contributed by atoms with Gasteiger partial charge in [0, 0.05) is 23.8 Å². The number of hydrogen-bond acceptors (Lipinski definition) is 2. The fraction of sp³-hybridized carbons (Fsp3) is 0.571. The number of imidazole rings is 1. The Balaban J connectivity index is 1.77. The lowest BCUT2D eigenvalue weighted by Crippen LogP contribution is -2.39. The lowest BCUT2D eigenvalue weighted by molar-refractivity contribution is 0.224. The molecule has 0 fully saturated rings. The lowest BCUT2D eigenvalue weighted by Gasteiger charge is -2.47.